The minimum atomic E-state index is -0.774. The molecule has 5 nitrogen and oxygen atoms in total. The number of ether oxygens (including phenoxy) is 1. The van der Waals surface area contributed by atoms with Crippen molar-refractivity contribution in [3.8, 4) is 0 Å². The van der Waals surface area contributed by atoms with Gasteiger partial charge < -0.3 is 25.3 Å². The van der Waals surface area contributed by atoms with E-state index >= 15 is 0 Å². The number of aliphatic hydroxyl groups excluding tert-OH is 2. The van der Waals surface area contributed by atoms with Gasteiger partial charge in [-0.3, -0.25) is 0 Å². The predicted octanol–water partition coefficient (Wildman–Crippen LogP) is 0.626. The summed E-state index contributed by atoms with van der Waals surface area (Å²) in [5.74, 6) is -0.0665. The van der Waals surface area contributed by atoms with Crippen LogP contribution in [-0.2, 0) is 11.3 Å². The van der Waals surface area contributed by atoms with Gasteiger partial charge in [-0.05, 0) is 17.5 Å². The van der Waals surface area contributed by atoms with E-state index in [4.69, 9.17) is 4.74 Å². The molecule has 0 aliphatic carbocycles. The molecule has 20 heavy (non-hydrogen) atoms. The fourth-order valence-electron chi connectivity index (χ4n) is 2.65. The van der Waals surface area contributed by atoms with Gasteiger partial charge in [0, 0.05) is 30.2 Å². The molecule has 5 heteroatoms. The Morgan fingerprint density at radius 1 is 1.25 bits per heavy atom. The molecule has 2 aromatic rings. The minimum absolute atomic E-state index is 0.0665. The van der Waals surface area contributed by atoms with Gasteiger partial charge in [0.25, 0.3) is 0 Å². The number of aromatic amines is 1. The summed E-state index contributed by atoms with van der Waals surface area (Å²) < 4.78 is 5.26. The van der Waals surface area contributed by atoms with Crippen LogP contribution in [0.25, 0.3) is 10.9 Å². The van der Waals surface area contributed by atoms with E-state index in [1.54, 1.807) is 0 Å². The van der Waals surface area contributed by atoms with Crippen molar-refractivity contribution in [2.45, 2.75) is 18.8 Å². The van der Waals surface area contributed by atoms with Gasteiger partial charge in [-0.1, -0.05) is 18.2 Å². The van der Waals surface area contributed by atoms with Gasteiger partial charge >= 0.3 is 0 Å². The molecule has 2 heterocycles. The first kappa shape index (κ1) is 13.6. The average molecular weight is 276 g/mol. The highest BCUT2D eigenvalue weighted by atomic mass is 16.5. The van der Waals surface area contributed by atoms with Crippen molar-refractivity contribution in [1.82, 2.24) is 10.3 Å². The van der Waals surface area contributed by atoms with Gasteiger partial charge in [0.1, 0.15) is 6.10 Å². The summed E-state index contributed by atoms with van der Waals surface area (Å²) in [7, 11) is 0. The van der Waals surface area contributed by atoms with E-state index in [2.05, 4.69) is 22.4 Å². The Morgan fingerprint density at radius 3 is 2.95 bits per heavy atom. The average Bonchev–Trinajstić information content (AvgIpc) is 2.86. The van der Waals surface area contributed by atoms with Crippen LogP contribution in [-0.4, -0.2) is 47.2 Å². The highest BCUT2D eigenvalue weighted by Gasteiger charge is 2.30. The van der Waals surface area contributed by atoms with E-state index in [0.717, 1.165) is 11.2 Å². The van der Waals surface area contributed by atoms with Crippen molar-refractivity contribution in [2.24, 2.45) is 5.92 Å². The topological polar surface area (TPSA) is 77.5 Å². The third-order valence-electron chi connectivity index (χ3n) is 3.81. The summed E-state index contributed by atoms with van der Waals surface area (Å²) in [5.41, 5.74) is 2.23. The van der Waals surface area contributed by atoms with Crippen LogP contribution in [0, 0.1) is 5.92 Å². The van der Waals surface area contributed by atoms with Crippen molar-refractivity contribution in [3.05, 3.63) is 36.0 Å². The Bertz CT molecular complexity index is 536. The fraction of sp³-hybridized carbons (Fsp3) is 0.467. The Morgan fingerprint density at radius 2 is 2.10 bits per heavy atom. The van der Waals surface area contributed by atoms with Crippen molar-refractivity contribution in [3.63, 3.8) is 0 Å². The van der Waals surface area contributed by atoms with Crippen molar-refractivity contribution in [1.29, 1.82) is 0 Å². The fourth-order valence-corrected chi connectivity index (χ4v) is 2.65. The second kappa shape index (κ2) is 5.93. The highest BCUT2D eigenvalue weighted by Crippen LogP contribution is 2.16. The Hall–Kier alpha value is -1.40. The monoisotopic (exact) mass is 276 g/mol. The molecule has 1 saturated heterocycles. The summed E-state index contributed by atoms with van der Waals surface area (Å²) in [6.45, 7) is 2.03. The number of aromatic nitrogens is 1. The van der Waals surface area contributed by atoms with Crippen LogP contribution in [0.5, 0.6) is 0 Å². The number of fused-ring (bicyclic) bond motifs is 1. The Kier molecular flexibility index (Phi) is 4.03. The van der Waals surface area contributed by atoms with Gasteiger partial charge in [0.05, 0.1) is 19.3 Å². The zero-order chi connectivity index (χ0) is 13.9. The SMILES string of the molecule is O[C@H]1[C@H](CNCc2cc3ccccc3[nH]2)COC[C@H]1O. The lowest BCUT2D eigenvalue weighted by atomic mass is 9.96. The van der Waals surface area contributed by atoms with Crippen LogP contribution in [0.4, 0.5) is 0 Å². The number of nitrogens with one attached hydrogen (secondary N) is 2. The molecule has 0 bridgehead atoms. The molecule has 0 spiro atoms. The predicted molar refractivity (Wildman–Crippen MR) is 76.3 cm³/mol. The van der Waals surface area contributed by atoms with E-state index in [0.29, 0.717) is 19.7 Å². The number of aliphatic hydroxyl groups is 2. The van der Waals surface area contributed by atoms with Crippen LogP contribution < -0.4 is 5.32 Å². The molecule has 1 aliphatic heterocycles. The maximum absolute atomic E-state index is 9.87. The molecule has 1 aliphatic rings. The summed E-state index contributed by atoms with van der Waals surface area (Å²) >= 11 is 0. The lowest BCUT2D eigenvalue weighted by Crippen LogP contribution is -2.47. The van der Waals surface area contributed by atoms with Crippen LogP contribution in [0.3, 0.4) is 0 Å². The lowest BCUT2D eigenvalue weighted by Gasteiger charge is -2.31. The summed E-state index contributed by atoms with van der Waals surface area (Å²) in [4.78, 5) is 3.35. The zero-order valence-electron chi connectivity index (χ0n) is 11.2. The molecule has 1 aromatic heterocycles. The van der Waals surface area contributed by atoms with E-state index in [9.17, 15) is 10.2 Å². The van der Waals surface area contributed by atoms with Gasteiger partial charge in [-0.25, -0.2) is 0 Å². The first-order valence-electron chi connectivity index (χ1n) is 6.95. The van der Waals surface area contributed by atoms with Crippen molar-refractivity contribution < 1.29 is 14.9 Å². The van der Waals surface area contributed by atoms with Crippen LogP contribution >= 0.6 is 0 Å². The molecule has 3 rings (SSSR count). The van der Waals surface area contributed by atoms with E-state index in [1.165, 1.54) is 5.39 Å². The van der Waals surface area contributed by atoms with Crippen molar-refractivity contribution in [2.75, 3.05) is 19.8 Å². The second-order valence-corrected chi connectivity index (χ2v) is 5.37. The molecule has 3 atom stereocenters. The third kappa shape index (κ3) is 2.86. The number of H-pyrrole nitrogens is 1. The number of para-hydroxylation sites is 1. The van der Waals surface area contributed by atoms with Gasteiger partial charge in [0.15, 0.2) is 0 Å². The number of hydrogen-bond acceptors (Lipinski definition) is 4. The number of hydrogen-bond donors (Lipinski definition) is 4. The first-order valence-corrected chi connectivity index (χ1v) is 6.95. The zero-order valence-corrected chi connectivity index (χ0v) is 11.2. The number of benzene rings is 1. The quantitative estimate of drug-likeness (QED) is 0.660. The molecular weight excluding hydrogens is 256 g/mol. The van der Waals surface area contributed by atoms with Crippen LogP contribution in [0.1, 0.15) is 5.69 Å². The lowest BCUT2D eigenvalue weighted by molar-refractivity contribution is -0.119. The van der Waals surface area contributed by atoms with Gasteiger partial charge in [-0.15, -0.1) is 0 Å². The Balaban J connectivity index is 1.54. The van der Waals surface area contributed by atoms with E-state index in [1.807, 2.05) is 18.2 Å². The first-order chi connectivity index (χ1) is 9.74. The molecule has 0 saturated carbocycles. The van der Waals surface area contributed by atoms with E-state index < -0.39 is 12.2 Å². The van der Waals surface area contributed by atoms with Gasteiger partial charge in [-0.2, -0.15) is 0 Å². The van der Waals surface area contributed by atoms with Crippen LogP contribution in [0.2, 0.25) is 0 Å². The molecular formula is C15H20N2O3. The third-order valence-corrected chi connectivity index (χ3v) is 3.81. The molecule has 0 unspecified atom stereocenters. The van der Waals surface area contributed by atoms with Crippen molar-refractivity contribution >= 4 is 10.9 Å². The molecule has 1 fully saturated rings. The smallest absolute Gasteiger partial charge is 0.104 e. The van der Waals surface area contributed by atoms with E-state index in [-0.39, 0.29) is 12.5 Å². The molecule has 1 aromatic carbocycles. The molecule has 4 N–H and O–H groups in total. The standard InChI is InChI=1S/C15H20N2O3/c18-14-9-20-8-11(15(14)19)6-16-7-12-5-10-3-1-2-4-13(10)17-12/h1-5,11,14-19H,6-9H2/t11-,14-,15+/m1/s1. The summed E-state index contributed by atoms with van der Waals surface area (Å²) in [6, 6.07) is 10.3. The minimum Gasteiger partial charge on any atom is -0.390 e. The largest absolute Gasteiger partial charge is 0.390 e. The van der Waals surface area contributed by atoms with Crippen LogP contribution in [0.15, 0.2) is 30.3 Å². The molecule has 108 valence electrons. The summed E-state index contributed by atoms with van der Waals surface area (Å²) in [5, 5.41) is 23.9. The highest BCUT2D eigenvalue weighted by molar-refractivity contribution is 5.80. The number of rotatable bonds is 4. The van der Waals surface area contributed by atoms with Gasteiger partial charge in [0.2, 0.25) is 0 Å². The summed E-state index contributed by atoms with van der Waals surface area (Å²) in [6.07, 6.45) is -1.48. The maximum atomic E-state index is 9.87. The normalized spacial score (nSPS) is 27.0. The Labute approximate surface area is 117 Å². The second-order valence-electron chi connectivity index (χ2n) is 5.37. The molecule has 0 amide bonds. The molecule has 0 radical (unpaired) electrons. The maximum Gasteiger partial charge on any atom is 0.104 e.